The van der Waals surface area contributed by atoms with E-state index in [0.29, 0.717) is 13.2 Å². The molecule has 7 heteroatoms. The quantitative estimate of drug-likeness (QED) is 0.751. The number of nitrogens with zero attached hydrogens (tertiary/aromatic N) is 2. The summed E-state index contributed by atoms with van der Waals surface area (Å²) in [4.78, 5) is 29.0. The Balaban J connectivity index is 1.21. The number of rotatable bonds is 6. The molecule has 31 heavy (non-hydrogen) atoms. The van der Waals surface area contributed by atoms with Crippen LogP contribution in [0.4, 0.5) is 10.5 Å². The SMILES string of the molecule is O=C(Nc1cccc(CNC(=O)N2CCN(Cc3ccccc3)CC2)c1)C1CCCO1. The molecule has 2 heterocycles. The summed E-state index contributed by atoms with van der Waals surface area (Å²) < 4.78 is 5.43. The number of ether oxygens (including phenoxy) is 1. The maximum atomic E-state index is 12.6. The minimum absolute atomic E-state index is 0.0480. The first-order chi connectivity index (χ1) is 15.2. The van der Waals surface area contributed by atoms with Crippen molar-refractivity contribution in [1.82, 2.24) is 15.1 Å². The van der Waals surface area contributed by atoms with Gasteiger partial charge >= 0.3 is 6.03 Å². The van der Waals surface area contributed by atoms with Crippen LogP contribution in [0.15, 0.2) is 54.6 Å². The fourth-order valence-electron chi connectivity index (χ4n) is 4.01. The lowest BCUT2D eigenvalue weighted by atomic mass is 10.2. The summed E-state index contributed by atoms with van der Waals surface area (Å²) in [5.74, 6) is -0.105. The molecule has 2 fully saturated rings. The van der Waals surface area contributed by atoms with E-state index in [-0.39, 0.29) is 18.0 Å². The van der Waals surface area contributed by atoms with Gasteiger partial charge in [-0.15, -0.1) is 0 Å². The van der Waals surface area contributed by atoms with E-state index >= 15 is 0 Å². The van der Waals surface area contributed by atoms with Crippen LogP contribution in [-0.2, 0) is 22.6 Å². The number of piperazine rings is 1. The summed E-state index contributed by atoms with van der Waals surface area (Å²) >= 11 is 0. The van der Waals surface area contributed by atoms with Gasteiger partial charge in [0.15, 0.2) is 0 Å². The lowest BCUT2D eigenvalue weighted by molar-refractivity contribution is -0.124. The molecule has 0 spiro atoms. The lowest BCUT2D eigenvalue weighted by Gasteiger charge is -2.34. The van der Waals surface area contributed by atoms with Gasteiger partial charge in [0.1, 0.15) is 6.10 Å². The molecule has 1 atom stereocenters. The fraction of sp³-hybridized carbons (Fsp3) is 0.417. The molecule has 2 aromatic rings. The van der Waals surface area contributed by atoms with Crippen LogP contribution < -0.4 is 10.6 Å². The molecule has 0 saturated carbocycles. The van der Waals surface area contributed by atoms with Crippen molar-refractivity contribution in [2.45, 2.75) is 32.0 Å². The van der Waals surface area contributed by atoms with E-state index in [1.54, 1.807) is 0 Å². The molecule has 2 aromatic carbocycles. The smallest absolute Gasteiger partial charge is 0.317 e. The maximum absolute atomic E-state index is 12.6. The highest BCUT2D eigenvalue weighted by Gasteiger charge is 2.24. The van der Waals surface area contributed by atoms with Crippen molar-refractivity contribution in [3.05, 3.63) is 65.7 Å². The fourth-order valence-corrected chi connectivity index (χ4v) is 4.01. The third kappa shape index (κ3) is 6.06. The molecule has 2 saturated heterocycles. The van der Waals surface area contributed by atoms with E-state index in [1.807, 2.05) is 35.2 Å². The molecular weight excluding hydrogens is 392 g/mol. The Morgan fingerprint density at radius 2 is 1.74 bits per heavy atom. The van der Waals surface area contributed by atoms with Crippen molar-refractivity contribution in [2.24, 2.45) is 0 Å². The standard InChI is InChI=1S/C24H30N4O3/c29-23(22-10-5-15-31-22)26-21-9-4-8-20(16-21)17-25-24(30)28-13-11-27(12-14-28)18-19-6-2-1-3-7-19/h1-4,6-9,16,22H,5,10-15,17-18H2,(H,25,30)(H,26,29). The van der Waals surface area contributed by atoms with Gasteiger partial charge in [0.25, 0.3) is 5.91 Å². The highest BCUT2D eigenvalue weighted by molar-refractivity contribution is 5.94. The van der Waals surface area contributed by atoms with Crippen molar-refractivity contribution >= 4 is 17.6 Å². The topological polar surface area (TPSA) is 73.9 Å². The van der Waals surface area contributed by atoms with Crippen molar-refractivity contribution in [3.63, 3.8) is 0 Å². The van der Waals surface area contributed by atoms with Crippen LogP contribution in [0.25, 0.3) is 0 Å². The largest absolute Gasteiger partial charge is 0.368 e. The van der Waals surface area contributed by atoms with Gasteiger partial charge in [0.2, 0.25) is 0 Å². The van der Waals surface area contributed by atoms with Gasteiger partial charge in [0.05, 0.1) is 0 Å². The number of amides is 3. The van der Waals surface area contributed by atoms with Crippen molar-refractivity contribution in [2.75, 3.05) is 38.1 Å². The average molecular weight is 423 g/mol. The Kier molecular flexibility index (Phi) is 7.17. The molecule has 4 rings (SSSR count). The van der Waals surface area contributed by atoms with Gasteiger partial charge in [-0.25, -0.2) is 4.79 Å². The highest BCUT2D eigenvalue weighted by Crippen LogP contribution is 2.16. The van der Waals surface area contributed by atoms with E-state index in [9.17, 15) is 9.59 Å². The predicted molar refractivity (Wildman–Crippen MR) is 120 cm³/mol. The molecule has 0 bridgehead atoms. The summed E-state index contributed by atoms with van der Waals surface area (Å²) in [5, 5.41) is 5.91. The number of nitrogens with one attached hydrogen (secondary N) is 2. The summed E-state index contributed by atoms with van der Waals surface area (Å²) in [6, 6.07) is 17.9. The van der Waals surface area contributed by atoms with Crippen LogP contribution >= 0.6 is 0 Å². The molecule has 164 valence electrons. The number of carbonyl (C=O) groups excluding carboxylic acids is 2. The average Bonchev–Trinajstić information content (AvgIpc) is 3.34. The Hall–Kier alpha value is -2.90. The number of urea groups is 1. The van der Waals surface area contributed by atoms with Crippen molar-refractivity contribution in [3.8, 4) is 0 Å². The molecule has 2 aliphatic rings. The Bertz CT molecular complexity index is 875. The zero-order valence-electron chi connectivity index (χ0n) is 17.8. The molecule has 7 nitrogen and oxygen atoms in total. The van der Waals surface area contributed by atoms with E-state index in [2.05, 4.69) is 39.8 Å². The Morgan fingerprint density at radius 1 is 0.968 bits per heavy atom. The lowest BCUT2D eigenvalue weighted by Crippen LogP contribution is -2.51. The second-order valence-corrected chi connectivity index (χ2v) is 8.10. The van der Waals surface area contributed by atoms with Crippen LogP contribution in [0, 0.1) is 0 Å². The number of carbonyl (C=O) groups is 2. The second kappa shape index (κ2) is 10.4. The minimum atomic E-state index is -0.357. The predicted octanol–water partition coefficient (Wildman–Crippen LogP) is 2.83. The maximum Gasteiger partial charge on any atom is 0.317 e. The number of benzene rings is 2. The first kappa shape index (κ1) is 21.3. The van der Waals surface area contributed by atoms with Crippen LogP contribution in [0.3, 0.4) is 0 Å². The normalized spacial score (nSPS) is 19.2. The van der Waals surface area contributed by atoms with E-state index in [0.717, 1.165) is 56.8 Å². The molecule has 3 amide bonds. The third-order valence-corrected chi connectivity index (χ3v) is 5.77. The van der Waals surface area contributed by atoms with Crippen LogP contribution in [0.1, 0.15) is 24.0 Å². The minimum Gasteiger partial charge on any atom is -0.368 e. The summed E-state index contributed by atoms with van der Waals surface area (Å²) in [7, 11) is 0. The summed E-state index contributed by atoms with van der Waals surface area (Å²) in [6.07, 6.45) is 1.33. The van der Waals surface area contributed by atoms with E-state index in [4.69, 9.17) is 4.74 Å². The van der Waals surface area contributed by atoms with E-state index in [1.165, 1.54) is 5.56 Å². The first-order valence-electron chi connectivity index (χ1n) is 11.0. The molecule has 0 aromatic heterocycles. The number of anilines is 1. The summed E-state index contributed by atoms with van der Waals surface area (Å²) in [6.45, 7) is 5.16. The van der Waals surface area contributed by atoms with Crippen LogP contribution in [-0.4, -0.2) is 60.6 Å². The Labute approximate surface area is 183 Å². The van der Waals surface area contributed by atoms with Gasteiger partial charge in [-0.2, -0.15) is 0 Å². The monoisotopic (exact) mass is 422 g/mol. The van der Waals surface area contributed by atoms with Crippen LogP contribution in [0.5, 0.6) is 0 Å². The second-order valence-electron chi connectivity index (χ2n) is 8.10. The van der Waals surface area contributed by atoms with Gasteiger partial charge in [-0.05, 0) is 36.1 Å². The highest BCUT2D eigenvalue weighted by atomic mass is 16.5. The molecule has 2 N–H and O–H groups in total. The first-order valence-corrected chi connectivity index (χ1v) is 11.0. The zero-order valence-corrected chi connectivity index (χ0v) is 17.8. The summed E-state index contributed by atoms with van der Waals surface area (Å²) in [5.41, 5.74) is 2.97. The van der Waals surface area contributed by atoms with Crippen LogP contribution in [0.2, 0.25) is 0 Å². The molecular formula is C24H30N4O3. The van der Waals surface area contributed by atoms with Crippen molar-refractivity contribution in [1.29, 1.82) is 0 Å². The third-order valence-electron chi connectivity index (χ3n) is 5.77. The Morgan fingerprint density at radius 3 is 2.48 bits per heavy atom. The molecule has 0 radical (unpaired) electrons. The van der Waals surface area contributed by atoms with Gasteiger partial charge in [-0.3, -0.25) is 9.69 Å². The number of hydrogen-bond acceptors (Lipinski definition) is 4. The molecule has 1 unspecified atom stereocenters. The van der Waals surface area contributed by atoms with Gasteiger partial charge in [0, 0.05) is 51.6 Å². The molecule has 2 aliphatic heterocycles. The molecule has 0 aliphatic carbocycles. The van der Waals surface area contributed by atoms with Crippen molar-refractivity contribution < 1.29 is 14.3 Å². The van der Waals surface area contributed by atoms with Gasteiger partial charge < -0.3 is 20.3 Å². The van der Waals surface area contributed by atoms with Gasteiger partial charge in [-0.1, -0.05) is 42.5 Å². The number of hydrogen-bond donors (Lipinski definition) is 2. The van der Waals surface area contributed by atoms with E-state index < -0.39 is 0 Å². The zero-order chi connectivity index (χ0) is 21.5.